The minimum atomic E-state index is -0.837. The van der Waals surface area contributed by atoms with Crippen molar-refractivity contribution in [1.82, 2.24) is 10.2 Å². The average molecular weight is 513 g/mol. The Balaban J connectivity index is 1.46. The second-order valence-electron chi connectivity index (χ2n) is 11.7. The van der Waals surface area contributed by atoms with Gasteiger partial charge in [0.05, 0.1) is 12.6 Å². The van der Waals surface area contributed by atoms with Crippen LogP contribution in [0, 0.1) is 17.8 Å². The Morgan fingerprint density at radius 3 is 2.51 bits per heavy atom. The predicted octanol–water partition coefficient (Wildman–Crippen LogP) is 4.05. The van der Waals surface area contributed by atoms with E-state index in [0.717, 1.165) is 37.7 Å². The number of fused-ring (bicyclic) bond motifs is 1. The summed E-state index contributed by atoms with van der Waals surface area (Å²) in [5.41, 5.74) is 0.279. The number of benzene rings is 1. The molecular weight excluding hydrogens is 472 g/mol. The van der Waals surface area contributed by atoms with Gasteiger partial charge in [0.25, 0.3) is 0 Å². The van der Waals surface area contributed by atoms with Gasteiger partial charge < -0.3 is 14.8 Å². The molecule has 1 aromatic rings. The lowest BCUT2D eigenvalue weighted by Crippen LogP contribution is -2.54. The number of hydrogen-bond acceptors (Lipinski definition) is 6. The van der Waals surface area contributed by atoms with Gasteiger partial charge in [-0.05, 0) is 70.3 Å². The van der Waals surface area contributed by atoms with Gasteiger partial charge in [0, 0.05) is 18.9 Å². The van der Waals surface area contributed by atoms with Crippen molar-refractivity contribution < 1.29 is 28.7 Å². The zero-order valence-corrected chi connectivity index (χ0v) is 22.2. The fourth-order valence-electron chi connectivity index (χ4n) is 6.04. The lowest BCUT2D eigenvalue weighted by atomic mass is 9.92. The van der Waals surface area contributed by atoms with Gasteiger partial charge in [-0.1, -0.05) is 36.8 Å². The Labute approximate surface area is 219 Å². The maximum atomic E-state index is 13.7. The summed E-state index contributed by atoms with van der Waals surface area (Å²) >= 11 is 0. The minimum absolute atomic E-state index is 0.0470. The molecule has 2 aliphatic carbocycles. The van der Waals surface area contributed by atoms with Crippen LogP contribution in [0.3, 0.4) is 0 Å². The molecule has 202 valence electrons. The molecule has 0 unspecified atom stereocenters. The second kappa shape index (κ2) is 11.8. The van der Waals surface area contributed by atoms with Gasteiger partial charge in [0.15, 0.2) is 5.78 Å². The highest BCUT2D eigenvalue weighted by atomic mass is 16.6. The molecule has 1 heterocycles. The van der Waals surface area contributed by atoms with Gasteiger partial charge in [-0.2, -0.15) is 0 Å². The van der Waals surface area contributed by atoms with Crippen LogP contribution in [0.1, 0.15) is 71.3 Å². The maximum Gasteiger partial charge on any atom is 0.410 e. The number of Topliss-reactive ketones (excluding diaryl/α,β-unsaturated/α-hetero) is 2. The number of nitrogens with zero attached hydrogens (tertiary/aromatic N) is 1. The van der Waals surface area contributed by atoms with Crippen LogP contribution in [-0.2, 0) is 30.5 Å². The van der Waals surface area contributed by atoms with Gasteiger partial charge in [-0.15, -0.1) is 0 Å². The molecule has 4 rings (SSSR count). The molecule has 5 atom stereocenters. The van der Waals surface area contributed by atoms with Crippen molar-refractivity contribution in [2.45, 2.75) is 90.0 Å². The summed E-state index contributed by atoms with van der Waals surface area (Å²) < 4.78 is 11.3. The first-order chi connectivity index (χ1) is 17.6. The van der Waals surface area contributed by atoms with Gasteiger partial charge in [-0.3, -0.25) is 19.3 Å². The van der Waals surface area contributed by atoms with E-state index in [1.54, 1.807) is 25.7 Å². The van der Waals surface area contributed by atoms with Crippen LogP contribution < -0.4 is 5.32 Å². The van der Waals surface area contributed by atoms with Crippen molar-refractivity contribution >= 4 is 23.6 Å². The summed E-state index contributed by atoms with van der Waals surface area (Å²) in [4.78, 5) is 53.9. The molecule has 2 amide bonds. The standard InChI is InChI=1S/C29H40N2O6/c1-29(2,3)37-28(35)31-16-21-12-7-13-22(21)26(31)27(34)30-23(15-20-11-8-14-24(20)32)25(33)18-36-17-19-9-5-4-6-10-19/h4-6,9-10,20-23,26H,7-8,11-18H2,1-3H3,(H,30,34)/t20-,21-,22-,23-,26-/m0/s1. The molecule has 3 aliphatic rings. The SMILES string of the molecule is CC(C)(C)OC(=O)N1C[C@@H]2CCC[C@@H]2[C@H]1C(=O)N[C@@H](C[C@@H]1CCCC1=O)C(=O)COCc1ccccc1. The van der Waals surface area contributed by atoms with Crippen LogP contribution in [0.15, 0.2) is 30.3 Å². The number of hydrogen-bond donors (Lipinski definition) is 1. The van der Waals surface area contributed by atoms with Crippen LogP contribution in [0.5, 0.6) is 0 Å². The molecule has 1 aliphatic heterocycles. The molecule has 2 saturated carbocycles. The Bertz CT molecular complexity index is 988. The van der Waals surface area contributed by atoms with Gasteiger partial charge in [-0.25, -0.2) is 4.79 Å². The van der Waals surface area contributed by atoms with Crippen molar-refractivity contribution in [3.63, 3.8) is 0 Å². The number of ketones is 2. The normalized spacial score (nSPS) is 26.1. The van der Waals surface area contributed by atoms with Gasteiger partial charge in [0.1, 0.15) is 24.0 Å². The zero-order valence-electron chi connectivity index (χ0n) is 22.2. The van der Waals surface area contributed by atoms with Crippen LogP contribution in [0.25, 0.3) is 0 Å². The third kappa shape index (κ3) is 6.98. The quantitative estimate of drug-likeness (QED) is 0.536. The Hall–Kier alpha value is -2.74. The Morgan fingerprint density at radius 2 is 1.84 bits per heavy atom. The number of rotatable bonds is 9. The van der Waals surface area contributed by atoms with E-state index in [1.807, 2.05) is 30.3 Å². The summed E-state index contributed by atoms with van der Waals surface area (Å²) in [6.07, 6.45) is 4.68. The topological polar surface area (TPSA) is 102 Å². The summed E-state index contributed by atoms with van der Waals surface area (Å²) in [7, 11) is 0. The van der Waals surface area contributed by atoms with E-state index in [9.17, 15) is 19.2 Å². The largest absolute Gasteiger partial charge is 0.444 e. The lowest BCUT2D eigenvalue weighted by Gasteiger charge is -2.31. The maximum absolute atomic E-state index is 13.7. The summed E-state index contributed by atoms with van der Waals surface area (Å²) in [6.45, 7) is 6.03. The van der Waals surface area contributed by atoms with Gasteiger partial charge >= 0.3 is 6.09 Å². The first-order valence-electron chi connectivity index (χ1n) is 13.6. The minimum Gasteiger partial charge on any atom is -0.444 e. The van der Waals surface area contributed by atoms with Crippen molar-refractivity contribution in [2.75, 3.05) is 13.2 Å². The molecule has 0 radical (unpaired) electrons. The van der Waals surface area contributed by atoms with E-state index >= 15 is 0 Å². The summed E-state index contributed by atoms with van der Waals surface area (Å²) in [5.74, 6) is -0.396. The highest BCUT2D eigenvalue weighted by Gasteiger charge is 2.51. The highest BCUT2D eigenvalue weighted by Crippen LogP contribution is 2.43. The predicted molar refractivity (Wildman–Crippen MR) is 138 cm³/mol. The Kier molecular flexibility index (Phi) is 8.67. The number of nitrogens with one attached hydrogen (secondary N) is 1. The second-order valence-corrected chi connectivity index (χ2v) is 11.7. The van der Waals surface area contributed by atoms with Crippen LogP contribution >= 0.6 is 0 Å². The van der Waals surface area contributed by atoms with Gasteiger partial charge in [0.2, 0.25) is 5.91 Å². The van der Waals surface area contributed by atoms with E-state index in [2.05, 4.69) is 5.32 Å². The Morgan fingerprint density at radius 1 is 1.08 bits per heavy atom. The summed E-state index contributed by atoms with van der Waals surface area (Å²) in [6, 6.07) is 8.05. The number of likely N-dealkylation sites (tertiary alicyclic amines) is 1. The lowest BCUT2D eigenvalue weighted by molar-refractivity contribution is -0.134. The summed E-state index contributed by atoms with van der Waals surface area (Å²) in [5, 5.41) is 2.95. The molecule has 0 spiro atoms. The van der Waals surface area contributed by atoms with Crippen LogP contribution in [0.2, 0.25) is 0 Å². The number of carbonyl (C=O) groups is 4. The molecule has 1 N–H and O–H groups in total. The first kappa shape index (κ1) is 27.3. The molecule has 8 nitrogen and oxygen atoms in total. The fraction of sp³-hybridized carbons (Fsp3) is 0.655. The molecule has 8 heteroatoms. The first-order valence-corrected chi connectivity index (χ1v) is 13.6. The van der Waals surface area contributed by atoms with E-state index < -0.39 is 23.8 Å². The van der Waals surface area contributed by atoms with E-state index in [4.69, 9.17) is 9.47 Å². The fourth-order valence-corrected chi connectivity index (χ4v) is 6.04. The van der Waals surface area contributed by atoms with E-state index in [0.29, 0.717) is 13.0 Å². The van der Waals surface area contributed by atoms with Crippen molar-refractivity contribution in [1.29, 1.82) is 0 Å². The number of ether oxygens (including phenoxy) is 2. The highest BCUT2D eigenvalue weighted by molar-refractivity contribution is 5.94. The molecule has 1 saturated heterocycles. The van der Waals surface area contributed by atoms with Crippen LogP contribution in [-0.4, -0.2) is 59.3 Å². The number of amides is 2. The molecule has 0 bridgehead atoms. The molecule has 3 fully saturated rings. The third-order valence-electron chi connectivity index (χ3n) is 7.80. The zero-order chi connectivity index (χ0) is 26.6. The third-order valence-corrected chi connectivity index (χ3v) is 7.80. The smallest absolute Gasteiger partial charge is 0.410 e. The average Bonchev–Trinajstić information content (AvgIpc) is 3.54. The molecule has 37 heavy (non-hydrogen) atoms. The monoisotopic (exact) mass is 512 g/mol. The van der Waals surface area contributed by atoms with E-state index in [1.165, 1.54) is 0 Å². The molecule has 1 aromatic carbocycles. The van der Waals surface area contributed by atoms with Crippen molar-refractivity contribution in [3.8, 4) is 0 Å². The number of carbonyl (C=O) groups excluding carboxylic acids is 4. The van der Waals surface area contributed by atoms with Crippen molar-refractivity contribution in [2.24, 2.45) is 17.8 Å². The van der Waals surface area contributed by atoms with Crippen molar-refractivity contribution in [3.05, 3.63) is 35.9 Å². The van der Waals surface area contributed by atoms with E-state index in [-0.39, 0.29) is 54.9 Å². The molecular formula is C29H40N2O6. The van der Waals surface area contributed by atoms with Crippen LogP contribution in [0.4, 0.5) is 4.79 Å². The molecule has 0 aromatic heterocycles.